The summed E-state index contributed by atoms with van der Waals surface area (Å²) in [6.07, 6.45) is 1.49. The van der Waals surface area contributed by atoms with Crippen molar-refractivity contribution in [3.05, 3.63) is 11.9 Å². The standard InChI is InChI=1S/C11H18ClN3O/c1-7(2)9(5-12)15-10-8(3)11(16-4)14-6-13-10/h6-7,9H,5H2,1-4H3,(H,13,14,15). The molecule has 1 atom stereocenters. The minimum atomic E-state index is 0.194. The molecule has 0 saturated carbocycles. The summed E-state index contributed by atoms with van der Waals surface area (Å²) in [5.74, 6) is 2.36. The van der Waals surface area contributed by atoms with Gasteiger partial charge in [0.15, 0.2) is 0 Å². The van der Waals surface area contributed by atoms with Gasteiger partial charge in [0.1, 0.15) is 12.1 Å². The smallest absolute Gasteiger partial charge is 0.221 e. The van der Waals surface area contributed by atoms with E-state index in [1.807, 2.05) is 6.92 Å². The summed E-state index contributed by atoms with van der Waals surface area (Å²) < 4.78 is 5.14. The van der Waals surface area contributed by atoms with Crippen LogP contribution in [0.15, 0.2) is 6.33 Å². The van der Waals surface area contributed by atoms with E-state index in [4.69, 9.17) is 16.3 Å². The third-order valence-electron chi connectivity index (χ3n) is 2.52. The highest BCUT2D eigenvalue weighted by Crippen LogP contribution is 2.21. The molecule has 0 aromatic carbocycles. The Kier molecular flexibility index (Phi) is 4.80. The fraction of sp³-hybridized carbons (Fsp3) is 0.636. The van der Waals surface area contributed by atoms with E-state index in [0.717, 1.165) is 11.4 Å². The van der Waals surface area contributed by atoms with Crippen molar-refractivity contribution < 1.29 is 4.74 Å². The highest BCUT2D eigenvalue weighted by Gasteiger charge is 2.15. The van der Waals surface area contributed by atoms with E-state index in [1.165, 1.54) is 6.33 Å². The summed E-state index contributed by atoms with van der Waals surface area (Å²) in [7, 11) is 1.60. The maximum absolute atomic E-state index is 5.90. The van der Waals surface area contributed by atoms with E-state index in [2.05, 4.69) is 29.1 Å². The summed E-state index contributed by atoms with van der Waals surface area (Å²) in [6, 6.07) is 0.194. The van der Waals surface area contributed by atoms with Gasteiger partial charge in [-0.25, -0.2) is 9.97 Å². The summed E-state index contributed by atoms with van der Waals surface area (Å²) in [5, 5.41) is 3.31. The molecule has 0 bridgehead atoms. The maximum Gasteiger partial charge on any atom is 0.221 e. The zero-order valence-corrected chi connectivity index (χ0v) is 10.9. The van der Waals surface area contributed by atoms with Gasteiger partial charge in [0.2, 0.25) is 5.88 Å². The molecule has 4 nitrogen and oxygen atoms in total. The molecule has 1 unspecified atom stereocenters. The molecule has 0 spiro atoms. The molecule has 0 aliphatic rings. The average Bonchev–Trinajstić information content (AvgIpc) is 2.27. The van der Waals surface area contributed by atoms with Gasteiger partial charge in [-0.2, -0.15) is 0 Å². The highest BCUT2D eigenvalue weighted by molar-refractivity contribution is 6.18. The van der Waals surface area contributed by atoms with Crippen molar-refractivity contribution in [2.24, 2.45) is 5.92 Å². The normalized spacial score (nSPS) is 12.6. The number of hydrogen-bond donors (Lipinski definition) is 1. The van der Waals surface area contributed by atoms with Crippen LogP contribution in [0.2, 0.25) is 0 Å². The molecular weight excluding hydrogens is 226 g/mol. The van der Waals surface area contributed by atoms with Gasteiger partial charge in [0.05, 0.1) is 12.7 Å². The molecule has 1 heterocycles. The van der Waals surface area contributed by atoms with Gasteiger partial charge in [-0.15, -0.1) is 11.6 Å². The SMILES string of the molecule is COc1ncnc(NC(CCl)C(C)C)c1C. The number of nitrogens with zero attached hydrogens (tertiary/aromatic N) is 2. The third-order valence-corrected chi connectivity index (χ3v) is 2.86. The van der Waals surface area contributed by atoms with Gasteiger partial charge in [0, 0.05) is 11.9 Å². The first-order valence-corrected chi connectivity index (χ1v) is 5.81. The molecule has 0 aliphatic carbocycles. The van der Waals surface area contributed by atoms with Crippen molar-refractivity contribution in [3.63, 3.8) is 0 Å². The molecule has 1 rings (SSSR count). The number of aromatic nitrogens is 2. The van der Waals surface area contributed by atoms with Crippen LogP contribution in [0.25, 0.3) is 0 Å². The number of ether oxygens (including phenoxy) is 1. The minimum Gasteiger partial charge on any atom is -0.481 e. The molecule has 0 fully saturated rings. The van der Waals surface area contributed by atoms with E-state index in [0.29, 0.717) is 17.7 Å². The van der Waals surface area contributed by atoms with Gasteiger partial charge >= 0.3 is 0 Å². The molecule has 0 radical (unpaired) electrons. The molecule has 90 valence electrons. The number of rotatable bonds is 5. The Balaban J connectivity index is 2.88. The van der Waals surface area contributed by atoms with Crippen LogP contribution in [-0.2, 0) is 0 Å². The Morgan fingerprint density at radius 1 is 1.44 bits per heavy atom. The molecule has 0 amide bonds. The van der Waals surface area contributed by atoms with Crippen molar-refractivity contribution >= 4 is 17.4 Å². The van der Waals surface area contributed by atoms with Gasteiger partial charge in [-0.05, 0) is 12.8 Å². The second kappa shape index (κ2) is 5.89. The fourth-order valence-electron chi connectivity index (χ4n) is 1.34. The van der Waals surface area contributed by atoms with E-state index in [1.54, 1.807) is 7.11 Å². The number of hydrogen-bond acceptors (Lipinski definition) is 4. The van der Waals surface area contributed by atoms with Crippen LogP contribution in [0, 0.1) is 12.8 Å². The molecule has 0 saturated heterocycles. The van der Waals surface area contributed by atoms with Crippen LogP contribution in [0.5, 0.6) is 5.88 Å². The summed E-state index contributed by atoms with van der Waals surface area (Å²) in [6.45, 7) is 6.16. The van der Waals surface area contributed by atoms with Gasteiger partial charge < -0.3 is 10.1 Å². The van der Waals surface area contributed by atoms with E-state index in [9.17, 15) is 0 Å². The van der Waals surface area contributed by atoms with Crippen LogP contribution in [0.1, 0.15) is 19.4 Å². The number of halogens is 1. The Morgan fingerprint density at radius 3 is 2.62 bits per heavy atom. The first-order chi connectivity index (χ1) is 7.60. The molecule has 5 heteroatoms. The Labute approximate surface area is 101 Å². The van der Waals surface area contributed by atoms with E-state index >= 15 is 0 Å². The lowest BCUT2D eigenvalue weighted by Crippen LogP contribution is -2.28. The van der Waals surface area contributed by atoms with E-state index in [-0.39, 0.29) is 6.04 Å². The Bertz CT molecular complexity index is 344. The van der Waals surface area contributed by atoms with Crippen LogP contribution in [-0.4, -0.2) is 29.0 Å². The van der Waals surface area contributed by atoms with Crippen molar-refractivity contribution in [2.75, 3.05) is 18.3 Å². The van der Waals surface area contributed by atoms with Crippen molar-refractivity contribution in [3.8, 4) is 5.88 Å². The van der Waals surface area contributed by atoms with Crippen molar-refractivity contribution in [2.45, 2.75) is 26.8 Å². The van der Waals surface area contributed by atoms with E-state index < -0.39 is 0 Å². The fourth-order valence-corrected chi connectivity index (χ4v) is 1.78. The average molecular weight is 244 g/mol. The molecule has 1 aromatic heterocycles. The molecular formula is C11H18ClN3O. The lowest BCUT2D eigenvalue weighted by atomic mass is 10.1. The largest absolute Gasteiger partial charge is 0.481 e. The zero-order chi connectivity index (χ0) is 12.1. The number of nitrogens with one attached hydrogen (secondary N) is 1. The number of anilines is 1. The Hall–Kier alpha value is -1.03. The summed E-state index contributed by atoms with van der Waals surface area (Å²) >= 11 is 5.90. The second-order valence-corrected chi connectivity index (χ2v) is 4.31. The molecule has 1 N–H and O–H groups in total. The topological polar surface area (TPSA) is 47.0 Å². The third kappa shape index (κ3) is 2.98. The van der Waals surface area contributed by atoms with Crippen LogP contribution >= 0.6 is 11.6 Å². The van der Waals surface area contributed by atoms with Gasteiger partial charge in [0.25, 0.3) is 0 Å². The quantitative estimate of drug-likeness (QED) is 0.808. The minimum absolute atomic E-state index is 0.194. The molecule has 0 aliphatic heterocycles. The predicted molar refractivity (Wildman–Crippen MR) is 66.3 cm³/mol. The molecule has 16 heavy (non-hydrogen) atoms. The maximum atomic E-state index is 5.90. The summed E-state index contributed by atoms with van der Waals surface area (Å²) in [4.78, 5) is 8.23. The predicted octanol–water partition coefficient (Wildman–Crippen LogP) is 2.47. The number of methoxy groups -OCH3 is 1. The Morgan fingerprint density at radius 2 is 2.12 bits per heavy atom. The van der Waals surface area contributed by atoms with Crippen LogP contribution in [0.4, 0.5) is 5.82 Å². The lowest BCUT2D eigenvalue weighted by molar-refractivity contribution is 0.393. The number of alkyl halides is 1. The van der Waals surface area contributed by atoms with Gasteiger partial charge in [-0.3, -0.25) is 0 Å². The first kappa shape index (κ1) is 13.0. The monoisotopic (exact) mass is 243 g/mol. The van der Waals surface area contributed by atoms with Crippen LogP contribution < -0.4 is 10.1 Å². The van der Waals surface area contributed by atoms with Crippen LogP contribution in [0.3, 0.4) is 0 Å². The summed E-state index contributed by atoms with van der Waals surface area (Å²) in [5.41, 5.74) is 0.903. The first-order valence-electron chi connectivity index (χ1n) is 5.28. The molecule has 1 aromatic rings. The lowest BCUT2D eigenvalue weighted by Gasteiger charge is -2.21. The van der Waals surface area contributed by atoms with Crippen molar-refractivity contribution in [1.82, 2.24) is 9.97 Å². The highest BCUT2D eigenvalue weighted by atomic mass is 35.5. The zero-order valence-electron chi connectivity index (χ0n) is 10.1. The second-order valence-electron chi connectivity index (χ2n) is 4.01. The van der Waals surface area contributed by atoms with Crippen molar-refractivity contribution in [1.29, 1.82) is 0 Å². The van der Waals surface area contributed by atoms with Gasteiger partial charge in [-0.1, -0.05) is 13.8 Å².